The summed E-state index contributed by atoms with van der Waals surface area (Å²) in [5.74, 6) is -0.513. The summed E-state index contributed by atoms with van der Waals surface area (Å²) >= 11 is 0. The second-order valence-electron chi connectivity index (χ2n) is 5.31. The highest BCUT2D eigenvalue weighted by Crippen LogP contribution is 2.34. The average molecular weight is 310 g/mol. The van der Waals surface area contributed by atoms with E-state index in [-0.39, 0.29) is 11.9 Å². The second kappa shape index (κ2) is 6.60. The number of carbonyl (C=O) groups excluding carboxylic acids is 2. The maximum atomic E-state index is 12.6. The van der Waals surface area contributed by atoms with Crippen LogP contribution >= 0.6 is 0 Å². The third-order valence-corrected chi connectivity index (χ3v) is 3.90. The molecule has 5 nitrogen and oxygen atoms in total. The lowest BCUT2D eigenvalue weighted by Gasteiger charge is -2.23. The van der Waals surface area contributed by atoms with Gasteiger partial charge in [-0.3, -0.25) is 9.78 Å². The molecule has 1 aromatic carbocycles. The first-order chi connectivity index (χ1) is 11.2. The number of nitrogens with zero attached hydrogens (tertiary/aromatic N) is 2. The van der Waals surface area contributed by atoms with Gasteiger partial charge in [-0.15, -0.1) is 0 Å². The Bertz CT molecular complexity index is 715. The van der Waals surface area contributed by atoms with E-state index in [0.717, 1.165) is 11.3 Å². The monoisotopic (exact) mass is 310 g/mol. The summed E-state index contributed by atoms with van der Waals surface area (Å²) in [6, 6.07) is 12.2. The lowest BCUT2D eigenvalue weighted by molar-refractivity contribution is -0.148. The summed E-state index contributed by atoms with van der Waals surface area (Å²) in [4.78, 5) is 30.8. The number of fused-ring (bicyclic) bond motifs is 1. The molecule has 0 fully saturated rings. The van der Waals surface area contributed by atoms with Gasteiger partial charge in [0.25, 0.3) is 5.91 Å². The summed E-state index contributed by atoms with van der Waals surface area (Å²) in [7, 11) is 0. The fourth-order valence-corrected chi connectivity index (χ4v) is 2.86. The molecule has 1 unspecified atom stereocenters. The van der Waals surface area contributed by atoms with Crippen molar-refractivity contribution in [3.8, 4) is 0 Å². The number of rotatable bonds is 5. The van der Waals surface area contributed by atoms with Crippen LogP contribution in [0.2, 0.25) is 0 Å². The van der Waals surface area contributed by atoms with Crippen molar-refractivity contribution in [3.05, 3.63) is 65.5 Å². The standard InChI is InChI=1S/C18H18N2O3/c1-2-23-18(22)16-14-8-3-4-9-15(14)17(21)20(16)12-10-13-7-5-6-11-19-13/h3-9,11,16H,2,10,12H2,1H3. The van der Waals surface area contributed by atoms with E-state index in [1.54, 1.807) is 30.2 Å². The molecule has 1 aliphatic heterocycles. The number of amides is 1. The van der Waals surface area contributed by atoms with E-state index in [0.29, 0.717) is 25.1 Å². The van der Waals surface area contributed by atoms with Crippen molar-refractivity contribution in [1.82, 2.24) is 9.88 Å². The zero-order valence-corrected chi connectivity index (χ0v) is 12.9. The third-order valence-electron chi connectivity index (χ3n) is 3.90. The number of hydrogen-bond donors (Lipinski definition) is 0. The Morgan fingerprint density at radius 2 is 2.00 bits per heavy atom. The molecular weight excluding hydrogens is 292 g/mol. The van der Waals surface area contributed by atoms with Crippen molar-refractivity contribution in [2.45, 2.75) is 19.4 Å². The van der Waals surface area contributed by atoms with Crippen LogP contribution in [-0.4, -0.2) is 34.9 Å². The van der Waals surface area contributed by atoms with Gasteiger partial charge in [-0.1, -0.05) is 24.3 Å². The van der Waals surface area contributed by atoms with Crippen LogP contribution in [0.15, 0.2) is 48.7 Å². The molecule has 0 saturated carbocycles. The molecule has 0 aliphatic carbocycles. The Morgan fingerprint density at radius 3 is 2.74 bits per heavy atom. The molecule has 0 saturated heterocycles. The van der Waals surface area contributed by atoms with Crippen LogP contribution in [0.5, 0.6) is 0 Å². The predicted molar refractivity (Wildman–Crippen MR) is 84.8 cm³/mol. The largest absolute Gasteiger partial charge is 0.464 e. The molecule has 0 spiro atoms. The number of benzene rings is 1. The smallest absolute Gasteiger partial charge is 0.333 e. The average Bonchev–Trinajstić information content (AvgIpc) is 2.87. The molecule has 0 radical (unpaired) electrons. The lowest BCUT2D eigenvalue weighted by Crippen LogP contribution is -2.35. The van der Waals surface area contributed by atoms with Gasteiger partial charge in [0.2, 0.25) is 0 Å². The Hall–Kier alpha value is -2.69. The first-order valence-electron chi connectivity index (χ1n) is 7.68. The summed E-state index contributed by atoms with van der Waals surface area (Å²) in [5, 5.41) is 0. The zero-order chi connectivity index (χ0) is 16.2. The first-order valence-corrected chi connectivity index (χ1v) is 7.68. The van der Waals surface area contributed by atoms with E-state index in [4.69, 9.17) is 4.74 Å². The van der Waals surface area contributed by atoms with Gasteiger partial charge in [-0.25, -0.2) is 4.79 Å². The number of esters is 1. The minimum Gasteiger partial charge on any atom is -0.464 e. The Kier molecular flexibility index (Phi) is 4.37. The Morgan fingerprint density at radius 1 is 1.22 bits per heavy atom. The predicted octanol–water partition coefficient (Wildman–Crippen LogP) is 2.38. The second-order valence-corrected chi connectivity index (χ2v) is 5.31. The van der Waals surface area contributed by atoms with E-state index in [2.05, 4.69) is 4.98 Å². The minimum atomic E-state index is -0.664. The van der Waals surface area contributed by atoms with Crippen LogP contribution < -0.4 is 0 Å². The molecule has 1 atom stereocenters. The highest BCUT2D eigenvalue weighted by atomic mass is 16.5. The summed E-state index contributed by atoms with van der Waals surface area (Å²) in [5.41, 5.74) is 2.18. The molecule has 23 heavy (non-hydrogen) atoms. The van der Waals surface area contributed by atoms with Crippen LogP contribution in [0, 0.1) is 0 Å². The van der Waals surface area contributed by atoms with Gasteiger partial charge in [0, 0.05) is 30.4 Å². The van der Waals surface area contributed by atoms with Gasteiger partial charge in [0.05, 0.1) is 6.61 Å². The molecule has 5 heteroatoms. The molecule has 1 aromatic heterocycles. The number of carbonyl (C=O) groups is 2. The Labute approximate surface area is 134 Å². The first kappa shape index (κ1) is 15.2. The van der Waals surface area contributed by atoms with E-state index in [9.17, 15) is 9.59 Å². The number of ether oxygens (including phenoxy) is 1. The number of hydrogen-bond acceptors (Lipinski definition) is 4. The van der Waals surface area contributed by atoms with Gasteiger partial charge in [-0.2, -0.15) is 0 Å². The quantitative estimate of drug-likeness (QED) is 0.796. The maximum absolute atomic E-state index is 12.6. The van der Waals surface area contributed by atoms with Gasteiger partial charge in [-0.05, 0) is 30.7 Å². The molecule has 2 heterocycles. The summed E-state index contributed by atoms with van der Waals surface area (Å²) in [6.07, 6.45) is 2.31. The van der Waals surface area contributed by atoms with Crippen molar-refractivity contribution < 1.29 is 14.3 Å². The van der Waals surface area contributed by atoms with Crippen LogP contribution in [0.4, 0.5) is 0 Å². The molecule has 1 amide bonds. The molecule has 1 aliphatic rings. The van der Waals surface area contributed by atoms with Crippen molar-refractivity contribution in [2.24, 2.45) is 0 Å². The third kappa shape index (κ3) is 2.95. The van der Waals surface area contributed by atoms with Crippen LogP contribution in [0.1, 0.15) is 34.6 Å². The van der Waals surface area contributed by atoms with Crippen LogP contribution in [0.3, 0.4) is 0 Å². The van der Waals surface area contributed by atoms with Crippen LogP contribution in [-0.2, 0) is 16.0 Å². The molecule has 0 bridgehead atoms. The minimum absolute atomic E-state index is 0.130. The Balaban J connectivity index is 1.85. The SMILES string of the molecule is CCOC(=O)C1c2ccccc2C(=O)N1CCc1ccccn1. The van der Waals surface area contributed by atoms with E-state index in [1.165, 1.54) is 0 Å². The van der Waals surface area contributed by atoms with Crippen molar-refractivity contribution >= 4 is 11.9 Å². The topological polar surface area (TPSA) is 59.5 Å². The summed E-state index contributed by atoms with van der Waals surface area (Å²) < 4.78 is 5.16. The maximum Gasteiger partial charge on any atom is 0.333 e. The molecule has 0 N–H and O–H groups in total. The van der Waals surface area contributed by atoms with Crippen LogP contribution in [0.25, 0.3) is 0 Å². The van der Waals surface area contributed by atoms with Gasteiger partial charge in [0.15, 0.2) is 6.04 Å². The molecule has 118 valence electrons. The lowest BCUT2D eigenvalue weighted by atomic mass is 10.0. The fourth-order valence-electron chi connectivity index (χ4n) is 2.86. The van der Waals surface area contributed by atoms with E-state index in [1.807, 2.05) is 30.3 Å². The van der Waals surface area contributed by atoms with E-state index < -0.39 is 6.04 Å². The number of aromatic nitrogens is 1. The summed E-state index contributed by atoms with van der Waals surface area (Å²) in [6.45, 7) is 2.48. The van der Waals surface area contributed by atoms with Crippen molar-refractivity contribution in [1.29, 1.82) is 0 Å². The van der Waals surface area contributed by atoms with Crippen molar-refractivity contribution in [3.63, 3.8) is 0 Å². The molecular formula is C18H18N2O3. The number of pyridine rings is 1. The van der Waals surface area contributed by atoms with Gasteiger partial charge in [0.1, 0.15) is 0 Å². The highest BCUT2D eigenvalue weighted by Gasteiger charge is 2.41. The fraction of sp³-hybridized carbons (Fsp3) is 0.278. The van der Waals surface area contributed by atoms with Gasteiger partial charge >= 0.3 is 5.97 Å². The highest BCUT2D eigenvalue weighted by molar-refractivity contribution is 6.03. The van der Waals surface area contributed by atoms with Gasteiger partial charge < -0.3 is 9.64 Å². The van der Waals surface area contributed by atoms with Crippen molar-refractivity contribution in [2.75, 3.05) is 13.2 Å². The zero-order valence-electron chi connectivity index (χ0n) is 12.9. The normalized spacial score (nSPS) is 16.3. The molecule has 2 aromatic rings. The molecule has 3 rings (SSSR count). The van der Waals surface area contributed by atoms with E-state index >= 15 is 0 Å².